The van der Waals surface area contributed by atoms with Crippen molar-refractivity contribution in [2.24, 2.45) is 15.4 Å². The third-order valence-electron chi connectivity index (χ3n) is 5.74. The van der Waals surface area contributed by atoms with E-state index in [1.807, 2.05) is 6.07 Å². The van der Waals surface area contributed by atoms with Crippen LogP contribution in [0.1, 0.15) is 54.6 Å². The van der Waals surface area contributed by atoms with E-state index in [4.69, 9.17) is 5.14 Å². The van der Waals surface area contributed by atoms with Crippen molar-refractivity contribution in [3.8, 4) is 0 Å². The Labute approximate surface area is 168 Å². The van der Waals surface area contributed by atoms with Crippen LogP contribution in [0.2, 0.25) is 0 Å². The van der Waals surface area contributed by atoms with E-state index in [0.29, 0.717) is 10.8 Å². The van der Waals surface area contributed by atoms with E-state index < -0.39 is 9.92 Å². The second kappa shape index (κ2) is 7.84. The zero-order chi connectivity index (χ0) is 19.7. The molecule has 3 N–H and O–H groups in total. The molecule has 5 nitrogen and oxygen atoms in total. The highest BCUT2D eigenvalue weighted by molar-refractivity contribution is 7.91. The Morgan fingerprint density at radius 3 is 2.39 bits per heavy atom. The van der Waals surface area contributed by atoms with Gasteiger partial charge < -0.3 is 5.32 Å². The summed E-state index contributed by atoms with van der Waals surface area (Å²) in [6, 6.07) is 6.11. The third-order valence-corrected chi connectivity index (χ3v) is 7.17. The van der Waals surface area contributed by atoms with Crippen molar-refractivity contribution >= 4 is 15.6 Å². The lowest BCUT2D eigenvalue weighted by Crippen LogP contribution is -2.16. The molecule has 1 heterocycles. The third kappa shape index (κ3) is 3.94. The molecular weight excluding hydrogens is 368 g/mol. The molecule has 0 bridgehead atoms. The quantitative estimate of drug-likeness (QED) is 0.771. The van der Waals surface area contributed by atoms with Crippen molar-refractivity contribution in [1.29, 1.82) is 0 Å². The van der Waals surface area contributed by atoms with Gasteiger partial charge in [-0.15, -0.1) is 0 Å². The molecule has 0 saturated carbocycles. The normalized spacial score (nSPS) is 17.3. The van der Waals surface area contributed by atoms with Gasteiger partial charge in [0.05, 0.1) is 4.90 Å². The molecule has 2 aliphatic carbocycles. The van der Waals surface area contributed by atoms with Crippen LogP contribution >= 0.6 is 0 Å². The highest BCUT2D eigenvalue weighted by Crippen LogP contribution is 2.38. The lowest BCUT2D eigenvalue weighted by molar-refractivity contribution is 0.634. The van der Waals surface area contributed by atoms with Crippen LogP contribution in [0.4, 0.5) is 5.69 Å². The van der Waals surface area contributed by atoms with E-state index in [0.717, 1.165) is 37.8 Å². The highest BCUT2D eigenvalue weighted by Gasteiger charge is 2.23. The van der Waals surface area contributed by atoms with Gasteiger partial charge in [-0.2, -0.15) is 4.36 Å². The van der Waals surface area contributed by atoms with Crippen LogP contribution < -0.4 is 10.5 Å². The maximum atomic E-state index is 12.9. The molecule has 0 spiro atoms. The minimum absolute atomic E-state index is 0.256. The summed E-state index contributed by atoms with van der Waals surface area (Å²) in [5, 5.41) is 9.52. The number of benzene rings is 1. The Balaban J connectivity index is 1.53. The van der Waals surface area contributed by atoms with Crippen molar-refractivity contribution in [2.75, 3.05) is 12.0 Å². The van der Waals surface area contributed by atoms with E-state index in [9.17, 15) is 4.21 Å². The van der Waals surface area contributed by atoms with Gasteiger partial charge in [0.2, 0.25) is 0 Å². The predicted molar refractivity (Wildman–Crippen MR) is 115 cm³/mol. The van der Waals surface area contributed by atoms with Gasteiger partial charge in [-0.3, -0.25) is 4.98 Å². The van der Waals surface area contributed by atoms with Crippen LogP contribution in [0.25, 0.3) is 0 Å². The number of anilines is 1. The number of hydrogen-bond acceptors (Lipinski definition) is 4. The van der Waals surface area contributed by atoms with Crippen LogP contribution in [0.5, 0.6) is 0 Å². The second-order valence-electron chi connectivity index (χ2n) is 8.35. The summed E-state index contributed by atoms with van der Waals surface area (Å²) in [7, 11) is -2.95. The molecule has 1 aromatic carbocycles. The molecule has 150 valence electrons. The zero-order valence-electron chi connectivity index (χ0n) is 16.8. The van der Waals surface area contributed by atoms with E-state index in [2.05, 4.69) is 34.6 Å². The average Bonchev–Trinajstić information content (AvgIpc) is 3.30. The summed E-state index contributed by atoms with van der Waals surface area (Å²) >= 11 is 0. The molecule has 2 aliphatic rings. The molecular formula is C22H30N4OS. The zero-order valence-corrected chi connectivity index (χ0v) is 17.6. The fourth-order valence-corrected chi connectivity index (χ4v) is 5.31. The maximum absolute atomic E-state index is 12.9. The Hall–Kier alpha value is -1.92. The maximum Gasteiger partial charge on any atom is 0.137 e. The number of rotatable bonds is 6. The number of fused-ring (bicyclic) bond motifs is 2. The van der Waals surface area contributed by atoms with Crippen LogP contribution in [0.15, 0.2) is 33.7 Å². The molecule has 6 heteroatoms. The predicted octanol–water partition coefficient (Wildman–Crippen LogP) is 4.03. The van der Waals surface area contributed by atoms with Gasteiger partial charge in [-0.25, -0.2) is 9.35 Å². The molecule has 1 unspecified atom stereocenters. The van der Waals surface area contributed by atoms with Crippen LogP contribution in [0, 0.1) is 5.92 Å². The standard InChI is InChI=1S/C22H30N4OS/c1-15(2)11-18-9-10-19(13-24-18)28(23,27)26-14-25-22-20-7-3-5-16(20)12-17-6-4-8-21(17)22/h9-10,12-13,15,25H,3-8,11,14H2,1-2H3,(H2,23,26,27). The first-order valence-corrected chi connectivity index (χ1v) is 11.9. The van der Waals surface area contributed by atoms with Gasteiger partial charge in [0.15, 0.2) is 0 Å². The molecule has 0 saturated heterocycles. The first kappa shape index (κ1) is 19.4. The molecule has 0 fully saturated rings. The summed E-state index contributed by atoms with van der Waals surface area (Å²) in [5.74, 6) is 0.531. The lowest BCUT2D eigenvalue weighted by atomic mass is 9.99. The minimum Gasteiger partial charge on any atom is -0.365 e. The van der Waals surface area contributed by atoms with Crippen molar-refractivity contribution in [2.45, 2.75) is 63.7 Å². The number of pyridine rings is 1. The average molecular weight is 399 g/mol. The van der Waals surface area contributed by atoms with Crippen LogP contribution in [0.3, 0.4) is 0 Å². The number of hydrogen-bond donors (Lipinski definition) is 2. The van der Waals surface area contributed by atoms with Crippen LogP contribution in [-0.4, -0.2) is 15.9 Å². The minimum atomic E-state index is -2.95. The summed E-state index contributed by atoms with van der Waals surface area (Å²) in [5.41, 5.74) is 8.02. The van der Waals surface area contributed by atoms with Crippen molar-refractivity contribution in [1.82, 2.24) is 4.98 Å². The smallest absolute Gasteiger partial charge is 0.137 e. The van der Waals surface area contributed by atoms with Crippen molar-refractivity contribution < 1.29 is 4.21 Å². The Bertz CT molecular complexity index is 956. The number of nitrogens with zero attached hydrogens (tertiary/aromatic N) is 2. The Morgan fingerprint density at radius 2 is 1.82 bits per heavy atom. The van der Waals surface area contributed by atoms with E-state index >= 15 is 0 Å². The van der Waals surface area contributed by atoms with Gasteiger partial charge in [-0.1, -0.05) is 19.9 Å². The first-order chi connectivity index (χ1) is 13.4. The molecule has 4 rings (SSSR count). The summed E-state index contributed by atoms with van der Waals surface area (Å²) < 4.78 is 17.2. The SMILES string of the molecule is CC(C)Cc1ccc(S(N)(=O)=NCNc2c3c(cc4c2CCC4)CCC3)cn1. The fourth-order valence-electron chi connectivity index (χ4n) is 4.43. The monoisotopic (exact) mass is 398 g/mol. The summed E-state index contributed by atoms with van der Waals surface area (Å²) in [6.07, 6.45) is 9.50. The van der Waals surface area contributed by atoms with Gasteiger partial charge >= 0.3 is 0 Å². The van der Waals surface area contributed by atoms with E-state index in [1.165, 1.54) is 40.8 Å². The molecule has 0 amide bonds. The van der Waals surface area contributed by atoms with Crippen molar-refractivity contribution in [3.63, 3.8) is 0 Å². The van der Waals surface area contributed by atoms with Gasteiger partial charge in [-0.05, 0) is 85.3 Å². The number of nitrogens with two attached hydrogens (primary N) is 1. The molecule has 0 aliphatic heterocycles. The highest BCUT2D eigenvalue weighted by atomic mass is 32.2. The number of nitrogens with one attached hydrogen (secondary N) is 1. The largest absolute Gasteiger partial charge is 0.365 e. The molecule has 28 heavy (non-hydrogen) atoms. The van der Waals surface area contributed by atoms with Gasteiger partial charge in [0, 0.05) is 17.6 Å². The molecule has 1 atom stereocenters. The van der Waals surface area contributed by atoms with Crippen molar-refractivity contribution in [3.05, 3.63) is 52.3 Å². The van der Waals surface area contributed by atoms with E-state index in [1.54, 1.807) is 12.3 Å². The second-order valence-corrected chi connectivity index (χ2v) is 10.2. The topological polar surface area (TPSA) is 80.4 Å². The molecule has 0 radical (unpaired) electrons. The fraction of sp³-hybridized carbons (Fsp3) is 0.500. The summed E-state index contributed by atoms with van der Waals surface area (Å²) in [4.78, 5) is 4.90. The number of aromatic nitrogens is 1. The Morgan fingerprint density at radius 1 is 1.14 bits per heavy atom. The lowest BCUT2D eigenvalue weighted by Gasteiger charge is -2.16. The van der Waals surface area contributed by atoms with Gasteiger partial charge in [0.1, 0.15) is 16.6 Å². The van der Waals surface area contributed by atoms with Gasteiger partial charge in [0.25, 0.3) is 0 Å². The summed E-state index contributed by atoms with van der Waals surface area (Å²) in [6.45, 7) is 4.56. The first-order valence-electron chi connectivity index (χ1n) is 10.3. The number of aryl methyl sites for hydroxylation is 2. The van der Waals surface area contributed by atoms with Crippen LogP contribution in [-0.2, 0) is 42.0 Å². The Kier molecular flexibility index (Phi) is 5.43. The molecule has 1 aromatic heterocycles. The van der Waals surface area contributed by atoms with E-state index in [-0.39, 0.29) is 6.67 Å². The molecule has 2 aromatic rings.